The zero-order chi connectivity index (χ0) is 34.8. The third-order valence-corrected chi connectivity index (χ3v) is 6.75. The topological polar surface area (TPSA) is 192 Å². The van der Waals surface area contributed by atoms with Gasteiger partial charge in [-0.2, -0.15) is 22.0 Å². The van der Waals surface area contributed by atoms with Crippen molar-refractivity contribution in [3.8, 4) is 5.75 Å². The highest BCUT2D eigenvalue weighted by molar-refractivity contribution is 5.91. The van der Waals surface area contributed by atoms with Gasteiger partial charge in [-0.15, -0.1) is 0 Å². The highest BCUT2D eigenvalue weighted by Crippen LogP contribution is 2.27. The number of nitrogens with two attached hydrogens (primary N) is 1. The van der Waals surface area contributed by atoms with E-state index in [2.05, 4.69) is 16.0 Å². The van der Waals surface area contributed by atoms with Gasteiger partial charge < -0.3 is 42.0 Å². The molecule has 12 nitrogen and oxygen atoms in total. The average molecular weight is 662 g/mol. The van der Waals surface area contributed by atoms with E-state index < -0.39 is 72.6 Å². The summed E-state index contributed by atoms with van der Waals surface area (Å²) in [6.07, 6.45) is -9.15. The summed E-state index contributed by atoms with van der Waals surface area (Å²) in [7, 11) is 1.38. The minimum absolute atomic E-state index is 0.0119. The van der Waals surface area contributed by atoms with E-state index in [1.807, 2.05) is 0 Å². The third-order valence-electron chi connectivity index (χ3n) is 6.75. The SMILES string of the molecule is COc1ccc([C@H](NC(=O)[C@@H](N)Cc2ccc(CNC(=O)O)cc2)C(=O)N[C@@H](C(C)C)[C@@H](O)C(F)(F)C(=O)NCC(F)(F)F)cc1. The summed E-state index contributed by atoms with van der Waals surface area (Å²) in [5.41, 5.74) is 7.48. The van der Waals surface area contributed by atoms with E-state index in [9.17, 15) is 46.2 Å². The number of carbonyl (C=O) groups is 4. The fourth-order valence-corrected chi connectivity index (χ4v) is 4.18. The number of carboxylic acid groups (broad SMARTS) is 1. The van der Waals surface area contributed by atoms with Crippen LogP contribution in [0.1, 0.15) is 36.6 Å². The van der Waals surface area contributed by atoms with Gasteiger partial charge in [0.25, 0.3) is 5.91 Å². The van der Waals surface area contributed by atoms with Gasteiger partial charge in [-0.25, -0.2) is 4.79 Å². The van der Waals surface area contributed by atoms with E-state index in [0.29, 0.717) is 16.9 Å². The molecule has 0 spiro atoms. The zero-order valence-corrected chi connectivity index (χ0v) is 25.0. The molecule has 0 aliphatic heterocycles. The van der Waals surface area contributed by atoms with E-state index in [-0.39, 0.29) is 18.5 Å². The summed E-state index contributed by atoms with van der Waals surface area (Å²) in [6, 6.07) is 7.57. The summed E-state index contributed by atoms with van der Waals surface area (Å²) >= 11 is 0. The third kappa shape index (κ3) is 11.1. The molecule has 0 unspecified atom stereocenters. The van der Waals surface area contributed by atoms with Gasteiger partial charge in [-0.1, -0.05) is 50.2 Å². The molecular formula is C29H36F5N5O7. The largest absolute Gasteiger partial charge is 0.497 e. The van der Waals surface area contributed by atoms with Crippen LogP contribution >= 0.6 is 0 Å². The van der Waals surface area contributed by atoms with E-state index in [1.165, 1.54) is 45.2 Å². The number of carbonyl (C=O) groups excluding carboxylic acids is 3. The number of amides is 4. The Labute approximate surface area is 260 Å². The molecule has 0 fully saturated rings. The maximum Gasteiger partial charge on any atom is 0.405 e. The first-order valence-corrected chi connectivity index (χ1v) is 13.8. The van der Waals surface area contributed by atoms with Crippen LogP contribution in [0.3, 0.4) is 0 Å². The fraction of sp³-hybridized carbons (Fsp3) is 0.448. The standard InChI is InChI=1S/C29H36F5N5O7/c1-15(2)21(23(40)29(33,34)26(43)37-14-28(30,31)32)38-25(42)22(18-8-10-19(46-3)11-9-18)39-24(41)20(35)12-16-4-6-17(7-5-16)13-36-27(44)45/h4-11,15,20-23,36,40H,12-14,35H2,1-3H3,(H,37,43)(H,38,42)(H,39,41)(H,44,45)/t20-,21-,22-,23+/m0/s1. The molecule has 0 aliphatic rings. The van der Waals surface area contributed by atoms with Gasteiger partial charge in [-0.3, -0.25) is 14.4 Å². The smallest absolute Gasteiger partial charge is 0.405 e. The molecular weight excluding hydrogens is 625 g/mol. The number of halogens is 5. The van der Waals surface area contributed by atoms with Crippen molar-refractivity contribution in [1.82, 2.24) is 21.3 Å². The fourth-order valence-electron chi connectivity index (χ4n) is 4.18. The number of ether oxygens (including phenoxy) is 1. The predicted octanol–water partition coefficient (Wildman–Crippen LogP) is 2.01. The molecule has 0 saturated heterocycles. The Bertz CT molecular complexity index is 1340. The Hall–Kier alpha value is -4.51. The van der Waals surface area contributed by atoms with Crippen molar-refractivity contribution in [2.24, 2.45) is 11.7 Å². The number of rotatable bonds is 15. The zero-order valence-electron chi connectivity index (χ0n) is 25.0. The lowest BCUT2D eigenvalue weighted by Crippen LogP contribution is -2.60. The second-order valence-corrected chi connectivity index (χ2v) is 10.6. The van der Waals surface area contributed by atoms with Gasteiger partial charge in [0, 0.05) is 6.54 Å². The molecule has 8 N–H and O–H groups in total. The average Bonchev–Trinajstić information content (AvgIpc) is 2.99. The van der Waals surface area contributed by atoms with Gasteiger partial charge >= 0.3 is 18.2 Å². The monoisotopic (exact) mass is 661 g/mol. The molecule has 0 bridgehead atoms. The summed E-state index contributed by atoms with van der Waals surface area (Å²) in [6.45, 7) is 0.622. The number of benzene rings is 2. The van der Waals surface area contributed by atoms with Crippen molar-refractivity contribution in [3.63, 3.8) is 0 Å². The number of hydrogen-bond donors (Lipinski definition) is 7. The highest BCUT2D eigenvalue weighted by Gasteiger charge is 2.52. The summed E-state index contributed by atoms with van der Waals surface area (Å²) in [5.74, 6) is -9.64. The number of alkyl halides is 5. The molecule has 46 heavy (non-hydrogen) atoms. The molecule has 0 heterocycles. The van der Waals surface area contributed by atoms with Gasteiger partial charge in [-0.05, 0) is 41.2 Å². The summed E-state index contributed by atoms with van der Waals surface area (Å²) in [5, 5.41) is 27.0. The van der Waals surface area contributed by atoms with Crippen molar-refractivity contribution in [2.75, 3.05) is 13.7 Å². The van der Waals surface area contributed by atoms with Gasteiger partial charge in [0.2, 0.25) is 11.8 Å². The Balaban J connectivity index is 2.26. The lowest BCUT2D eigenvalue weighted by Gasteiger charge is -2.33. The van der Waals surface area contributed by atoms with E-state index in [4.69, 9.17) is 15.6 Å². The number of hydrogen-bond acceptors (Lipinski definition) is 7. The van der Waals surface area contributed by atoms with Gasteiger partial charge in [0.15, 0.2) is 0 Å². The van der Waals surface area contributed by atoms with Gasteiger partial charge in [0.05, 0.1) is 19.2 Å². The first-order chi connectivity index (χ1) is 21.3. The van der Waals surface area contributed by atoms with Crippen LogP contribution in [0.5, 0.6) is 5.75 Å². The van der Waals surface area contributed by atoms with E-state index in [1.54, 1.807) is 24.3 Å². The maximum atomic E-state index is 14.8. The van der Waals surface area contributed by atoms with E-state index >= 15 is 0 Å². The lowest BCUT2D eigenvalue weighted by molar-refractivity contribution is -0.175. The summed E-state index contributed by atoms with van der Waals surface area (Å²) in [4.78, 5) is 49.2. The number of nitrogens with one attached hydrogen (secondary N) is 4. The Kier molecular flexibility index (Phi) is 13.2. The van der Waals surface area contributed by atoms with Crippen LogP contribution in [0, 0.1) is 5.92 Å². The van der Waals surface area contributed by atoms with E-state index in [0.717, 1.165) is 5.32 Å². The molecule has 17 heteroatoms. The number of methoxy groups -OCH3 is 1. The van der Waals surface area contributed by atoms with Crippen LogP contribution in [0.15, 0.2) is 48.5 Å². The first-order valence-electron chi connectivity index (χ1n) is 13.8. The van der Waals surface area contributed by atoms with Crippen molar-refractivity contribution < 1.29 is 56.1 Å². The van der Waals surface area contributed by atoms with Crippen LogP contribution in [0.4, 0.5) is 26.7 Å². The molecule has 2 aromatic carbocycles. The van der Waals surface area contributed by atoms with Crippen LogP contribution in [-0.4, -0.2) is 78.0 Å². The van der Waals surface area contributed by atoms with Gasteiger partial charge in [0.1, 0.15) is 24.4 Å². The summed E-state index contributed by atoms with van der Waals surface area (Å²) < 4.78 is 72.0. The molecule has 254 valence electrons. The van der Waals surface area contributed by atoms with Crippen molar-refractivity contribution >= 4 is 23.8 Å². The first kappa shape index (κ1) is 37.7. The molecule has 0 aliphatic carbocycles. The Morgan fingerprint density at radius 1 is 0.870 bits per heavy atom. The van der Waals surface area contributed by atoms with Crippen molar-refractivity contribution in [2.45, 2.75) is 63.1 Å². The maximum absolute atomic E-state index is 14.8. The molecule has 4 amide bonds. The minimum atomic E-state index is -4.99. The lowest BCUT2D eigenvalue weighted by atomic mass is 9.92. The highest BCUT2D eigenvalue weighted by atomic mass is 19.4. The van der Waals surface area contributed by atoms with Crippen LogP contribution in [0.25, 0.3) is 0 Å². The number of aliphatic hydroxyl groups excluding tert-OH is 1. The molecule has 0 aromatic heterocycles. The molecule has 2 rings (SSSR count). The van der Waals surface area contributed by atoms with Crippen molar-refractivity contribution in [3.05, 3.63) is 65.2 Å². The number of aliphatic hydroxyl groups is 1. The minimum Gasteiger partial charge on any atom is -0.497 e. The normalized spacial score (nSPS) is 14.4. The van der Waals surface area contributed by atoms with Crippen LogP contribution in [-0.2, 0) is 27.3 Å². The molecule has 0 radical (unpaired) electrons. The second-order valence-electron chi connectivity index (χ2n) is 10.6. The molecule has 4 atom stereocenters. The van der Waals surface area contributed by atoms with Crippen LogP contribution in [0.2, 0.25) is 0 Å². The van der Waals surface area contributed by atoms with Crippen molar-refractivity contribution in [1.29, 1.82) is 0 Å². The predicted molar refractivity (Wildman–Crippen MR) is 154 cm³/mol. The van der Waals surface area contributed by atoms with Crippen LogP contribution < -0.4 is 31.7 Å². The molecule has 2 aromatic rings. The Morgan fingerprint density at radius 3 is 1.93 bits per heavy atom. The quantitative estimate of drug-likeness (QED) is 0.141. The Morgan fingerprint density at radius 2 is 1.43 bits per heavy atom. The molecule has 0 saturated carbocycles. The second kappa shape index (κ2) is 16.2.